The minimum atomic E-state index is -0.338. The lowest BCUT2D eigenvalue weighted by Crippen LogP contribution is -2.49. The fourth-order valence-corrected chi connectivity index (χ4v) is 1.90. The van der Waals surface area contributed by atoms with Gasteiger partial charge in [0.15, 0.2) is 5.96 Å². The van der Waals surface area contributed by atoms with Crippen LogP contribution in [-0.2, 0) is 4.79 Å². The van der Waals surface area contributed by atoms with Crippen LogP contribution in [-0.4, -0.2) is 43.6 Å². The van der Waals surface area contributed by atoms with E-state index >= 15 is 0 Å². The molecular formula is C17H28FIN4O2. The van der Waals surface area contributed by atoms with Gasteiger partial charge in [-0.15, -0.1) is 24.0 Å². The van der Waals surface area contributed by atoms with Gasteiger partial charge in [0.25, 0.3) is 0 Å². The van der Waals surface area contributed by atoms with Gasteiger partial charge < -0.3 is 20.7 Å². The van der Waals surface area contributed by atoms with E-state index in [9.17, 15) is 9.18 Å². The summed E-state index contributed by atoms with van der Waals surface area (Å²) in [6.07, 6.45) is -0.200. The minimum Gasteiger partial charge on any atom is -0.489 e. The van der Waals surface area contributed by atoms with E-state index in [2.05, 4.69) is 20.9 Å². The molecule has 0 saturated heterocycles. The first-order valence-corrected chi connectivity index (χ1v) is 7.87. The molecule has 25 heavy (non-hydrogen) atoms. The summed E-state index contributed by atoms with van der Waals surface area (Å²) in [7, 11) is 1.62. The summed E-state index contributed by atoms with van der Waals surface area (Å²) < 4.78 is 18.7. The molecule has 6 nitrogen and oxygen atoms in total. The average molecular weight is 466 g/mol. The molecular weight excluding hydrogens is 438 g/mol. The molecule has 1 aromatic carbocycles. The van der Waals surface area contributed by atoms with Crippen molar-refractivity contribution in [1.29, 1.82) is 0 Å². The van der Waals surface area contributed by atoms with E-state index < -0.39 is 0 Å². The van der Waals surface area contributed by atoms with Crippen molar-refractivity contribution >= 4 is 35.8 Å². The molecule has 0 heterocycles. The van der Waals surface area contributed by atoms with Crippen molar-refractivity contribution < 1.29 is 13.9 Å². The smallest absolute Gasteiger partial charge is 0.239 e. The van der Waals surface area contributed by atoms with Crippen LogP contribution in [0.5, 0.6) is 5.75 Å². The monoisotopic (exact) mass is 466 g/mol. The van der Waals surface area contributed by atoms with Gasteiger partial charge in [0.05, 0.1) is 13.1 Å². The number of hydrogen-bond acceptors (Lipinski definition) is 3. The first kappa shape index (κ1) is 23.4. The fourth-order valence-electron chi connectivity index (χ4n) is 1.90. The van der Waals surface area contributed by atoms with Gasteiger partial charge in [-0.25, -0.2) is 4.39 Å². The van der Waals surface area contributed by atoms with Crippen LogP contribution in [0.15, 0.2) is 29.3 Å². The maximum Gasteiger partial charge on any atom is 0.239 e. The Balaban J connectivity index is 0.00000576. The van der Waals surface area contributed by atoms with Crippen molar-refractivity contribution in [3.8, 4) is 5.75 Å². The van der Waals surface area contributed by atoms with E-state index in [1.807, 2.05) is 27.7 Å². The quantitative estimate of drug-likeness (QED) is 0.342. The Bertz CT molecular complexity index is 576. The van der Waals surface area contributed by atoms with Crippen LogP contribution in [0.3, 0.4) is 0 Å². The molecule has 0 saturated carbocycles. The topological polar surface area (TPSA) is 74.8 Å². The van der Waals surface area contributed by atoms with Crippen molar-refractivity contribution in [3.05, 3.63) is 30.1 Å². The zero-order valence-electron chi connectivity index (χ0n) is 15.4. The Morgan fingerprint density at radius 1 is 1.32 bits per heavy atom. The van der Waals surface area contributed by atoms with E-state index in [1.165, 1.54) is 12.1 Å². The molecule has 1 aromatic rings. The second-order valence-corrected chi connectivity index (χ2v) is 6.49. The van der Waals surface area contributed by atoms with Gasteiger partial charge in [-0.1, -0.05) is 6.07 Å². The molecule has 3 N–H and O–H groups in total. The molecule has 0 aromatic heterocycles. The van der Waals surface area contributed by atoms with E-state index in [0.717, 1.165) is 0 Å². The highest BCUT2D eigenvalue weighted by molar-refractivity contribution is 14.0. The van der Waals surface area contributed by atoms with Gasteiger partial charge in [0.1, 0.15) is 17.7 Å². The van der Waals surface area contributed by atoms with Crippen LogP contribution in [0, 0.1) is 5.82 Å². The summed E-state index contributed by atoms with van der Waals surface area (Å²) in [5.41, 5.74) is -0.275. The lowest BCUT2D eigenvalue weighted by molar-refractivity contribution is -0.121. The molecule has 142 valence electrons. The van der Waals surface area contributed by atoms with Crippen LogP contribution in [0.4, 0.5) is 4.39 Å². The Morgan fingerprint density at radius 2 is 2.00 bits per heavy atom. The Morgan fingerprint density at radius 3 is 2.56 bits per heavy atom. The lowest BCUT2D eigenvalue weighted by Gasteiger charge is -2.21. The lowest BCUT2D eigenvalue weighted by atomic mass is 10.1. The normalized spacial score (nSPS) is 12.6. The summed E-state index contributed by atoms with van der Waals surface area (Å²) in [4.78, 5) is 15.8. The molecule has 0 aliphatic carbocycles. The molecule has 1 atom stereocenters. The molecule has 0 aliphatic rings. The SMILES string of the molecule is CN=C(NCC(=O)NC(C)(C)C)NCC(C)Oc1cccc(F)c1.I. The number of halogens is 2. The van der Waals surface area contributed by atoms with E-state index in [4.69, 9.17) is 4.74 Å². The molecule has 8 heteroatoms. The zero-order valence-corrected chi connectivity index (χ0v) is 17.7. The Kier molecular flexibility index (Phi) is 10.4. The van der Waals surface area contributed by atoms with Crippen molar-refractivity contribution in [2.75, 3.05) is 20.1 Å². The second kappa shape index (κ2) is 11.1. The minimum absolute atomic E-state index is 0. The highest BCUT2D eigenvalue weighted by Crippen LogP contribution is 2.13. The predicted octanol–water partition coefficient (Wildman–Crippen LogP) is 2.29. The maximum absolute atomic E-state index is 13.1. The number of benzene rings is 1. The number of aliphatic imine (C=N–C) groups is 1. The third kappa shape index (κ3) is 10.8. The average Bonchev–Trinajstić information content (AvgIpc) is 2.45. The molecule has 0 spiro atoms. The molecule has 1 unspecified atom stereocenters. The van der Waals surface area contributed by atoms with Gasteiger partial charge in [-0.2, -0.15) is 0 Å². The Hall–Kier alpha value is -1.58. The highest BCUT2D eigenvalue weighted by Gasteiger charge is 2.14. The number of hydrogen-bond donors (Lipinski definition) is 3. The van der Waals surface area contributed by atoms with Gasteiger partial charge in [-0.05, 0) is 39.8 Å². The van der Waals surface area contributed by atoms with E-state index in [0.29, 0.717) is 18.3 Å². The van der Waals surface area contributed by atoms with Crippen molar-refractivity contribution in [2.24, 2.45) is 4.99 Å². The van der Waals surface area contributed by atoms with Crippen LogP contribution < -0.4 is 20.7 Å². The largest absolute Gasteiger partial charge is 0.489 e. The van der Waals surface area contributed by atoms with Crippen molar-refractivity contribution in [3.63, 3.8) is 0 Å². The Labute approximate surface area is 166 Å². The first-order chi connectivity index (χ1) is 11.2. The summed E-state index contributed by atoms with van der Waals surface area (Å²) in [5, 5.41) is 8.85. The number of amides is 1. The zero-order chi connectivity index (χ0) is 18.2. The number of carbonyl (C=O) groups is 1. The van der Waals surface area contributed by atoms with Gasteiger partial charge in [0.2, 0.25) is 5.91 Å². The van der Waals surface area contributed by atoms with Crippen LogP contribution >= 0.6 is 24.0 Å². The second-order valence-electron chi connectivity index (χ2n) is 6.49. The van der Waals surface area contributed by atoms with Gasteiger partial charge >= 0.3 is 0 Å². The fraction of sp³-hybridized carbons (Fsp3) is 0.529. The molecule has 1 rings (SSSR count). The summed E-state index contributed by atoms with van der Waals surface area (Å²) in [6, 6.07) is 5.99. The van der Waals surface area contributed by atoms with Gasteiger partial charge in [-0.3, -0.25) is 9.79 Å². The highest BCUT2D eigenvalue weighted by atomic mass is 127. The summed E-state index contributed by atoms with van der Waals surface area (Å²) in [6.45, 7) is 8.20. The number of nitrogens with zero attached hydrogens (tertiary/aromatic N) is 1. The molecule has 0 bridgehead atoms. The summed E-state index contributed by atoms with van der Waals surface area (Å²) in [5.74, 6) is 0.509. The number of guanidine groups is 1. The van der Waals surface area contributed by atoms with Crippen molar-refractivity contribution in [2.45, 2.75) is 39.3 Å². The van der Waals surface area contributed by atoms with Gasteiger partial charge in [0, 0.05) is 18.7 Å². The molecule has 0 fully saturated rings. The van der Waals surface area contributed by atoms with E-state index in [1.54, 1.807) is 19.2 Å². The first-order valence-electron chi connectivity index (χ1n) is 7.87. The van der Waals surface area contributed by atoms with Crippen LogP contribution in [0.25, 0.3) is 0 Å². The number of nitrogens with one attached hydrogen (secondary N) is 3. The maximum atomic E-state index is 13.1. The molecule has 0 radical (unpaired) electrons. The number of rotatable bonds is 6. The standard InChI is InChI=1S/C17H27FN4O2.HI/c1-12(24-14-8-6-7-13(18)9-14)10-20-16(19-5)21-11-15(23)22-17(2,3)4;/h6-9,12H,10-11H2,1-5H3,(H,22,23)(H2,19,20,21);1H. The molecule has 1 amide bonds. The van der Waals surface area contributed by atoms with E-state index in [-0.39, 0.29) is 53.9 Å². The third-order valence-electron chi connectivity index (χ3n) is 2.84. The van der Waals surface area contributed by atoms with Crippen LogP contribution in [0.2, 0.25) is 0 Å². The molecule has 0 aliphatic heterocycles. The summed E-state index contributed by atoms with van der Waals surface area (Å²) >= 11 is 0. The predicted molar refractivity (Wildman–Crippen MR) is 109 cm³/mol. The number of carbonyl (C=O) groups excluding carboxylic acids is 1. The third-order valence-corrected chi connectivity index (χ3v) is 2.84. The van der Waals surface area contributed by atoms with Crippen molar-refractivity contribution in [1.82, 2.24) is 16.0 Å². The number of ether oxygens (including phenoxy) is 1. The van der Waals surface area contributed by atoms with Crippen LogP contribution in [0.1, 0.15) is 27.7 Å².